The predicted molar refractivity (Wildman–Crippen MR) is 129 cm³/mol. The normalized spacial score (nSPS) is 10.6. The molecule has 2 aromatic carbocycles. The first kappa shape index (κ1) is 23.5. The summed E-state index contributed by atoms with van der Waals surface area (Å²) in [5.41, 5.74) is 4.18. The number of carbonyl (C=O) groups is 2. The van der Waals surface area contributed by atoms with Crippen molar-refractivity contribution in [2.24, 2.45) is 0 Å². The van der Waals surface area contributed by atoms with Crippen LogP contribution in [0.5, 0.6) is 5.75 Å². The Bertz CT molecular complexity index is 1010. The average molecular weight is 452 g/mol. The van der Waals surface area contributed by atoms with Crippen LogP contribution in [0.4, 0.5) is 5.13 Å². The number of rotatable bonds is 11. The summed E-state index contributed by atoms with van der Waals surface area (Å²) >= 11 is 1.43. The van der Waals surface area contributed by atoms with Gasteiger partial charge in [-0.3, -0.25) is 9.59 Å². The molecule has 1 aromatic heterocycles. The van der Waals surface area contributed by atoms with Crippen LogP contribution in [-0.2, 0) is 22.4 Å². The van der Waals surface area contributed by atoms with Crippen molar-refractivity contribution in [3.8, 4) is 17.0 Å². The lowest BCUT2D eigenvalue weighted by atomic mass is 10.1. The highest BCUT2D eigenvalue weighted by atomic mass is 32.1. The highest BCUT2D eigenvalue weighted by Gasteiger charge is 2.09. The number of anilines is 1. The maximum atomic E-state index is 12.3. The summed E-state index contributed by atoms with van der Waals surface area (Å²) in [6.45, 7) is 4.81. The minimum Gasteiger partial charge on any atom is -0.494 e. The number of nitrogens with zero attached hydrogens (tertiary/aromatic N) is 1. The van der Waals surface area contributed by atoms with Gasteiger partial charge in [-0.1, -0.05) is 36.4 Å². The van der Waals surface area contributed by atoms with Gasteiger partial charge in [0, 0.05) is 30.8 Å². The SMILES string of the molecule is CCOc1ccc(CCC(=O)Nc2nc(-c3ccc(CCCNC(C)=O)cc3)cs2)cc1. The second-order valence-corrected chi connectivity index (χ2v) is 8.30. The number of aromatic nitrogens is 1. The van der Waals surface area contributed by atoms with E-state index in [1.807, 2.05) is 48.7 Å². The summed E-state index contributed by atoms with van der Waals surface area (Å²) in [5.74, 6) is 0.797. The van der Waals surface area contributed by atoms with E-state index in [4.69, 9.17) is 4.74 Å². The zero-order chi connectivity index (χ0) is 22.8. The van der Waals surface area contributed by atoms with Gasteiger partial charge in [0.15, 0.2) is 5.13 Å². The van der Waals surface area contributed by atoms with E-state index in [1.165, 1.54) is 23.8 Å². The lowest BCUT2D eigenvalue weighted by Crippen LogP contribution is -2.21. The van der Waals surface area contributed by atoms with E-state index in [0.29, 0.717) is 31.1 Å². The molecule has 3 rings (SSSR count). The standard InChI is InChI=1S/C25H29N3O3S/c1-3-31-22-13-8-20(9-14-22)10-15-24(30)28-25-27-23(17-32-25)21-11-6-19(7-12-21)5-4-16-26-18(2)29/h6-9,11-14,17H,3-5,10,15-16H2,1-2H3,(H,26,29)(H,27,28,30). The summed E-state index contributed by atoms with van der Waals surface area (Å²) in [5, 5.41) is 8.27. The van der Waals surface area contributed by atoms with Gasteiger partial charge in [-0.15, -0.1) is 11.3 Å². The second kappa shape index (κ2) is 12.0. The molecule has 2 amide bonds. The van der Waals surface area contributed by atoms with Gasteiger partial charge in [0.05, 0.1) is 12.3 Å². The molecular formula is C25H29N3O3S. The fourth-order valence-electron chi connectivity index (χ4n) is 3.22. The van der Waals surface area contributed by atoms with Gasteiger partial charge in [0.1, 0.15) is 5.75 Å². The van der Waals surface area contributed by atoms with Gasteiger partial charge in [-0.2, -0.15) is 0 Å². The monoisotopic (exact) mass is 451 g/mol. The number of carbonyl (C=O) groups excluding carboxylic acids is 2. The van der Waals surface area contributed by atoms with Crippen molar-refractivity contribution < 1.29 is 14.3 Å². The smallest absolute Gasteiger partial charge is 0.226 e. The Morgan fingerprint density at radius 3 is 2.38 bits per heavy atom. The van der Waals surface area contributed by atoms with Crippen molar-refractivity contribution >= 4 is 28.3 Å². The molecule has 0 fully saturated rings. The minimum absolute atomic E-state index is 0.00272. The van der Waals surface area contributed by atoms with Crippen molar-refractivity contribution in [1.82, 2.24) is 10.3 Å². The van der Waals surface area contributed by atoms with Crippen LogP contribution < -0.4 is 15.4 Å². The molecule has 0 aliphatic heterocycles. The first-order chi connectivity index (χ1) is 15.5. The van der Waals surface area contributed by atoms with Crippen molar-refractivity contribution in [1.29, 1.82) is 0 Å². The largest absolute Gasteiger partial charge is 0.494 e. The fourth-order valence-corrected chi connectivity index (χ4v) is 3.96. The highest BCUT2D eigenvalue weighted by Crippen LogP contribution is 2.25. The molecule has 7 heteroatoms. The molecule has 0 atom stereocenters. The van der Waals surface area contributed by atoms with Gasteiger partial charge < -0.3 is 15.4 Å². The molecule has 2 N–H and O–H groups in total. The molecule has 0 saturated carbocycles. The van der Waals surface area contributed by atoms with E-state index in [1.54, 1.807) is 0 Å². The lowest BCUT2D eigenvalue weighted by molar-refractivity contribution is -0.119. The van der Waals surface area contributed by atoms with Gasteiger partial charge in [-0.05, 0) is 49.4 Å². The van der Waals surface area contributed by atoms with Crippen LogP contribution in [0.3, 0.4) is 0 Å². The molecular weight excluding hydrogens is 422 g/mol. The zero-order valence-corrected chi connectivity index (χ0v) is 19.3. The van der Waals surface area contributed by atoms with Gasteiger partial charge in [0.25, 0.3) is 0 Å². The van der Waals surface area contributed by atoms with E-state index in [2.05, 4.69) is 27.8 Å². The summed E-state index contributed by atoms with van der Waals surface area (Å²) < 4.78 is 5.44. The number of aryl methyl sites for hydroxylation is 2. The quantitative estimate of drug-likeness (QED) is 0.409. The molecule has 0 saturated heterocycles. The molecule has 0 spiro atoms. The van der Waals surface area contributed by atoms with Crippen molar-refractivity contribution in [2.45, 2.75) is 39.5 Å². The van der Waals surface area contributed by atoms with E-state index in [9.17, 15) is 9.59 Å². The number of benzene rings is 2. The fraction of sp³-hybridized carbons (Fsp3) is 0.320. The molecule has 168 valence electrons. The Hall–Kier alpha value is -3.19. The first-order valence-corrected chi connectivity index (χ1v) is 11.7. The summed E-state index contributed by atoms with van der Waals surface area (Å²) in [4.78, 5) is 27.8. The van der Waals surface area contributed by atoms with Crippen molar-refractivity contribution in [3.05, 3.63) is 65.0 Å². The zero-order valence-electron chi connectivity index (χ0n) is 18.5. The first-order valence-electron chi connectivity index (χ1n) is 10.8. The van der Waals surface area contributed by atoms with Crippen LogP contribution in [0.2, 0.25) is 0 Å². The Balaban J connectivity index is 1.46. The molecule has 3 aromatic rings. The third-order valence-corrected chi connectivity index (χ3v) is 5.65. The van der Waals surface area contributed by atoms with Gasteiger partial charge >= 0.3 is 0 Å². The van der Waals surface area contributed by atoms with Crippen LogP contribution in [0.1, 0.15) is 37.8 Å². The Morgan fingerprint density at radius 2 is 1.69 bits per heavy atom. The number of hydrogen-bond acceptors (Lipinski definition) is 5. The number of amides is 2. The molecule has 0 aliphatic carbocycles. The van der Waals surface area contributed by atoms with Crippen LogP contribution in [0.25, 0.3) is 11.3 Å². The Morgan fingerprint density at radius 1 is 1.00 bits per heavy atom. The van der Waals surface area contributed by atoms with E-state index in [0.717, 1.165) is 35.4 Å². The number of ether oxygens (including phenoxy) is 1. The molecule has 6 nitrogen and oxygen atoms in total. The third kappa shape index (κ3) is 7.50. The maximum absolute atomic E-state index is 12.3. The Kier molecular flexibility index (Phi) is 8.80. The second-order valence-electron chi connectivity index (χ2n) is 7.45. The summed E-state index contributed by atoms with van der Waals surface area (Å²) in [6, 6.07) is 16.1. The summed E-state index contributed by atoms with van der Waals surface area (Å²) in [6.07, 6.45) is 2.88. The van der Waals surface area contributed by atoms with Crippen molar-refractivity contribution in [3.63, 3.8) is 0 Å². The van der Waals surface area contributed by atoms with Crippen LogP contribution >= 0.6 is 11.3 Å². The predicted octanol–water partition coefficient (Wildman–Crippen LogP) is 4.85. The number of nitrogens with one attached hydrogen (secondary N) is 2. The molecule has 0 bridgehead atoms. The van der Waals surface area contributed by atoms with E-state index >= 15 is 0 Å². The molecule has 0 aliphatic rings. The summed E-state index contributed by atoms with van der Waals surface area (Å²) in [7, 11) is 0. The average Bonchev–Trinajstić information content (AvgIpc) is 3.25. The number of thiazole rings is 1. The molecule has 0 radical (unpaired) electrons. The molecule has 1 heterocycles. The van der Waals surface area contributed by atoms with Gasteiger partial charge in [0.2, 0.25) is 11.8 Å². The molecule has 32 heavy (non-hydrogen) atoms. The number of hydrogen-bond donors (Lipinski definition) is 2. The van der Waals surface area contributed by atoms with E-state index in [-0.39, 0.29) is 11.8 Å². The van der Waals surface area contributed by atoms with Crippen molar-refractivity contribution in [2.75, 3.05) is 18.5 Å². The third-order valence-electron chi connectivity index (χ3n) is 4.89. The van der Waals surface area contributed by atoms with Crippen LogP contribution in [0, 0.1) is 0 Å². The maximum Gasteiger partial charge on any atom is 0.226 e. The minimum atomic E-state index is -0.0469. The molecule has 0 unspecified atom stereocenters. The topological polar surface area (TPSA) is 80.3 Å². The highest BCUT2D eigenvalue weighted by molar-refractivity contribution is 7.14. The lowest BCUT2D eigenvalue weighted by Gasteiger charge is -2.05. The van der Waals surface area contributed by atoms with Gasteiger partial charge in [-0.25, -0.2) is 4.98 Å². The van der Waals surface area contributed by atoms with Crippen LogP contribution in [-0.4, -0.2) is 29.9 Å². The van der Waals surface area contributed by atoms with Crippen LogP contribution in [0.15, 0.2) is 53.9 Å². The Labute approximate surface area is 193 Å². The van der Waals surface area contributed by atoms with E-state index < -0.39 is 0 Å².